The fraction of sp³-hybridized carbons (Fsp3) is 0.250. The second-order valence-electron chi connectivity index (χ2n) is 8.97. The fourth-order valence-corrected chi connectivity index (χ4v) is 4.69. The Morgan fingerprint density at radius 2 is 1.66 bits per heavy atom. The average Bonchev–Trinajstić information content (AvgIpc) is 3.48. The number of para-hydroxylation sites is 1. The van der Waals surface area contributed by atoms with Gasteiger partial charge in [-0.15, -0.1) is 10.2 Å². The quantitative estimate of drug-likeness (QED) is 0.322. The molecule has 0 bridgehead atoms. The zero-order valence-electron chi connectivity index (χ0n) is 20.9. The Balaban J connectivity index is 1.60. The lowest BCUT2D eigenvalue weighted by atomic mass is 10.1. The third kappa shape index (κ3) is 4.80. The summed E-state index contributed by atoms with van der Waals surface area (Å²) in [6.45, 7) is 6.07. The van der Waals surface area contributed by atoms with Crippen molar-refractivity contribution in [3.05, 3.63) is 89.0 Å². The summed E-state index contributed by atoms with van der Waals surface area (Å²) in [4.78, 5) is 2.07. The summed E-state index contributed by atoms with van der Waals surface area (Å²) in [5.41, 5.74) is 2.92. The number of hydrogen-bond acceptors (Lipinski definition) is 5. The molecule has 0 unspecified atom stereocenters. The molecule has 1 aliphatic heterocycles. The number of halogens is 3. The first-order valence-corrected chi connectivity index (χ1v) is 12.1. The first-order chi connectivity index (χ1) is 18.3. The Morgan fingerprint density at radius 1 is 0.947 bits per heavy atom. The van der Waals surface area contributed by atoms with Gasteiger partial charge in [-0.2, -0.15) is 18.4 Å². The molecule has 194 valence electrons. The summed E-state index contributed by atoms with van der Waals surface area (Å²) in [7, 11) is 0. The Hall–Kier alpha value is -4.36. The van der Waals surface area contributed by atoms with Crippen LogP contribution in [0.1, 0.15) is 28.3 Å². The summed E-state index contributed by atoms with van der Waals surface area (Å²) < 4.78 is 49.1. The van der Waals surface area contributed by atoms with Crippen LogP contribution in [-0.4, -0.2) is 45.6 Å². The number of hydrogen-bond donors (Lipinski definition) is 0. The molecule has 38 heavy (non-hydrogen) atoms. The minimum Gasteiger partial charge on any atom is -0.378 e. The van der Waals surface area contributed by atoms with Crippen molar-refractivity contribution in [1.82, 2.24) is 19.3 Å². The minimum atomic E-state index is -4.44. The highest BCUT2D eigenvalue weighted by molar-refractivity contribution is 5.89. The highest BCUT2D eigenvalue weighted by atomic mass is 19.4. The molecule has 10 heteroatoms. The molecule has 0 atom stereocenters. The van der Waals surface area contributed by atoms with E-state index in [0.717, 1.165) is 23.5 Å². The smallest absolute Gasteiger partial charge is 0.378 e. The molecule has 1 aliphatic rings. The Kier molecular flexibility index (Phi) is 6.78. The van der Waals surface area contributed by atoms with Gasteiger partial charge in [0, 0.05) is 30.2 Å². The van der Waals surface area contributed by atoms with Gasteiger partial charge in [0.15, 0.2) is 5.82 Å². The van der Waals surface area contributed by atoms with E-state index < -0.39 is 11.7 Å². The van der Waals surface area contributed by atoms with Crippen LogP contribution in [0.3, 0.4) is 0 Å². The normalized spacial score (nSPS) is 14.5. The topological polar surface area (TPSA) is 71.9 Å². The van der Waals surface area contributed by atoms with Crippen LogP contribution in [0.15, 0.2) is 60.7 Å². The number of benzene rings is 2. The van der Waals surface area contributed by atoms with E-state index in [9.17, 15) is 18.4 Å². The number of morpholine rings is 1. The predicted octanol–water partition coefficient (Wildman–Crippen LogP) is 5.59. The lowest BCUT2D eigenvalue weighted by molar-refractivity contribution is -0.137. The largest absolute Gasteiger partial charge is 0.416 e. The van der Waals surface area contributed by atoms with Crippen LogP contribution in [-0.2, 0) is 10.9 Å². The Labute approximate surface area is 218 Å². The van der Waals surface area contributed by atoms with Gasteiger partial charge in [0.2, 0.25) is 5.95 Å². The third-order valence-electron chi connectivity index (χ3n) is 6.52. The van der Waals surface area contributed by atoms with E-state index in [1.807, 2.05) is 54.8 Å². The zero-order valence-corrected chi connectivity index (χ0v) is 20.9. The molecule has 5 rings (SSSR count). The van der Waals surface area contributed by atoms with Crippen molar-refractivity contribution >= 4 is 17.6 Å². The average molecular weight is 519 g/mol. The second kappa shape index (κ2) is 10.2. The van der Waals surface area contributed by atoms with Crippen molar-refractivity contribution in [2.75, 3.05) is 31.2 Å². The van der Waals surface area contributed by atoms with Crippen LogP contribution in [0.2, 0.25) is 0 Å². The molecule has 1 saturated heterocycles. The summed E-state index contributed by atoms with van der Waals surface area (Å²) in [5, 5.41) is 19.0. The van der Waals surface area contributed by atoms with Crippen molar-refractivity contribution in [3.63, 3.8) is 0 Å². The van der Waals surface area contributed by atoms with Crippen LogP contribution >= 0.6 is 0 Å². The first kappa shape index (κ1) is 25.3. The van der Waals surface area contributed by atoms with E-state index in [1.54, 1.807) is 16.7 Å². The molecule has 0 radical (unpaired) electrons. The third-order valence-corrected chi connectivity index (χ3v) is 6.52. The van der Waals surface area contributed by atoms with E-state index in [-0.39, 0.29) is 5.57 Å². The maximum atomic E-state index is 13.3. The van der Waals surface area contributed by atoms with Gasteiger partial charge in [0.1, 0.15) is 6.07 Å². The van der Waals surface area contributed by atoms with Gasteiger partial charge in [-0.1, -0.05) is 24.3 Å². The number of nitrogens with zero attached hydrogens (tertiary/aromatic N) is 6. The Bertz CT molecular complexity index is 1520. The highest BCUT2D eigenvalue weighted by Crippen LogP contribution is 2.32. The summed E-state index contributed by atoms with van der Waals surface area (Å²) in [5.74, 6) is 0.995. The van der Waals surface area contributed by atoms with Gasteiger partial charge in [-0.05, 0) is 61.9 Å². The lowest BCUT2D eigenvalue weighted by Gasteiger charge is -2.28. The molecule has 2 aromatic heterocycles. The van der Waals surface area contributed by atoms with Crippen LogP contribution in [0, 0.1) is 25.2 Å². The standard InChI is InChI=1S/C28H25F3N6O/c1-19-15-21(20(2)36(19)25-10-6-7-23(17-25)28(29,30)31)16-22(18-32)26-33-34-27(35-11-13-38-14-12-35)37(26)24-8-4-3-5-9-24/h3-10,15-17H,11-14H2,1-2H3/b22-16+. The van der Waals surface area contributed by atoms with E-state index in [2.05, 4.69) is 21.2 Å². The van der Waals surface area contributed by atoms with Crippen molar-refractivity contribution in [2.45, 2.75) is 20.0 Å². The summed E-state index contributed by atoms with van der Waals surface area (Å²) in [6.07, 6.45) is -2.74. The zero-order chi connectivity index (χ0) is 26.9. The van der Waals surface area contributed by atoms with Crippen molar-refractivity contribution in [3.8, 4) is 17.4 Å². The molecule has 2 aromatic carbocycles. The number of alkyl halides is 3. The van der Waals surface area contributed by atoms with Crippen LogP contribution < -0.4 is 4.90 Å². The number of ether oxygens (including phenoxy) is 1. The molecule has 0 aliphatic carbocycles. The molecule has 7 nitrogen and oxygen atoms in total. The Morgan fingerprint density at radius 3 is 2.34 bits per heavy atom. The molecule has 4 aromatic rings. The molecule has 0 saturated carbocycles. The molecule has 0 spiro atoms. The fourth-order valence-electron chi connectivity index (χ4n) is 4.69. The van der Waals surface area contributed by atoms with Gasteiger partial charge < -0.3 is 14.2 Å². The monoisotopic (exact) mass is 518 g/mol. The molecule has 0 N–H and O–H groups in total. The van der Waals surface area contributed by atoms with Crippen molar-refractivity contribution in [2.24, 2.45) is 0 Å². The SMILES string of the molecule is Cc1cc(/C=C(\C#N)c2nnc(N3CCOCC3)n2-c2ccccc2)c(C)n1-c1cccc(C(F)(F)F)c1. The van der Waals surface area contributed by atoms with Gasteiger partial charge in [-0.3, -0.25) is 4.57 Å². The number of anilines is 1. The first-order valence-electron chi connectivity index (χ1n) is 12.1. The number of aryl methyl sites for hydroxylation is 1. The maximum Gasteiger partial charge on any atom is 0.416 e. The highest BCUT2D eigenvalue weighted by Gasteiger charge is 2.31. The van der Waals surface area contributed by atoms with Crippen LogP contribution in [0.5, 0.6) is 0 Å². The number of nitriles is 1. The molecular formula is C28H25F3N6O. The van der Waals surface area contributed by atoms with Crippen molar-refractivity contribution < 1.29 is 17.9 Å². The van der Waals surface area contributed by atoms with Crippen molar-refractivity contribution in [1.29, 1.82) is 5.26 Å². The number of allylic oxidation sites excluding steroid dienone is 1. The van der Waals surface area contributed by atoms with Crippen LogP contribution in [0.25, 0.3) is 23.0 Å². The van der Waals surface area contributed by atoms with E-state index in [4.69, 9.17) is 4.74 Å². The molecule has 3 heterocycles. The number of rotatable bonds is 5. The van der Waals surface area contributed by atoms with Gasteiger partial charge in [-0.25, -0.2) is 0 Å². The molecular weight excluding hydrogens is 493 g/mol. The summed E-state index contributed by atoms with van der Waals surface area (Å²) in [6, 6.07) is 18.9. The van der Waals surface area contributed by atoms with E-state index in [0.29, 0.717) is 55.0 Å². The van der Waals surface area contributed by atoms with Gasteiger partial charge in [0.05, 0.1) is 30.0 Å². The van der Waals surface area contributed by atoms with Gasteiger partial charge >= 0.3 is 6.18 Å². The summed E-state index contributed by atoms with van der Waals surface area (Å²) >= 11 is 0. The van der Waals surface area contributed by atoms with Gasteiger partial charge in [0.25, 0.3) is 0 Å². The van der Waals surface area contributed by atoms with E-state index in [1.165, 1.54) is 6.07 Å². The second-order valence-corrected chi connectivity index (χ2v) is 8.97. The minimum absolute atomic E-state index is 0.283. The van der Waals surface area contributed by atoms with Crippen LogP contribution in [0.4, 0.5) is 19.1 Å². The molecule has 0 amide bonds. The van der Waals surface area contributed by atoms with E-state index >= 15 is 0 Å². The molecule has 1 fully saturated rings. The lowest BCUT2D eigenvalue weighted by Crippen LogP contribution is -2.38. The number of aromatic nitrogens is 4. The predicted molar refractivity (Wildman–Crippen MR) is 138 cm³/mol. The maximum absolute atomic E-state index is 13.3.